The molecule has 3 N–H and O–H groups in total. The Labute approximate surface area is 173 Å². The van der Waals surface area contributed by atoms with Crippen molar-refractivity contribution in [1.82, 2.24) is 5.32 Å². The van der Waals surface area contributed by atoms with Crippen molar-refractivity contribution in [1.29, 1.82) is 0 Å². The molecule has 0 radical (unpaired) electrons. The molecule has 0 aliphatic carbocycles. The second-order valence-corrected chi connectivity index (χ2v) is 6.05. The summed E-state index contributed by atoms with van der Waals surface area (Å²) in [5.41, 5.74) is 8.38. The molecular formula is C20H29IN4O. The van der Waals surface area contributed by atoms with Gasteiger partial charge in [-0.05, 0) is 43.2 Å². The molecule has 0 aliphatic rings. The highest BCUT2D eigenvalue weighted by Crippen LogP contribution is 2.14. The number of para-hydroxylation sites is 1. The summed E-state index contributed by atoms with van der Waals surface area (Å²) in [5.74, 6) is 1.36. The second-order valence-electron chi connectivity index (χ2n) is 6.05. The van der Waals surface area contributed by atoms with Crippen molar-refractivity contribution in [2.45, 2.75) is 19.4 Å². The van der Waals surface area contributed by atoms with Gasteiger partial charge < -0.3 is 20.7 Å². The molecule has 2 aromatic carbocycles. The third-order valence-corrected chi connectivity index (χ3v) is 4.23. The number of rotatable bonds is 8. The number of anilines is 1. The van der Waals surface area contributed by atoms with Gasteiger partial charge in [-0.25, -0.2) is 0 Å². The standard InChI is InChI=1S/C20H28N4O.HI/c1-16(24(2)18-7-5-4-6-8-18)15-23-20(21)22-14-13-17-9-11-19(25-3)12-10-17;/h4-12,16H,13-15H2,1-3H3,(H3,21,22,23);1H. The number of nitrogens with zero attached hydrogens (tertiary/aromatic N) is 2. The zero-order valence-corrected chi connectivity index (χ0v) is 18.0. The minimum absolute atomic E-state index is 0. The Morgan fingerprint density at radius 1 is 1.15 bits per heavy atom. The van der Waals surface area contributed by atoms with Crippen molar-refractivity contribution in [3.05, 3.63) is 60.2 Å². The molecule has 0 saturated heterocycles. The van der Waals surface area contributed by atoms with E-state index in [1.807, 2.05) is 30.3 Å². The van der Waals surface area contributed by atoms with Crippen LogP contribution in [0.15, 0.2) is 59.6 Å². The van der Waals surface area contributed by atoms with Gasteiger partial charge in [0.2, 0.25) is 0 Å². The van der Waals surface area contributed by atoms with E-state index in [-0.39, 0.29) is 30.0 Å². The molecule has 5 nitrogen and oxygen atoms in total. The summed E-state index contributed by atoms with van der Waals surface area (Å²) in [5, 5.41) is 3.17. The highest BCUT2D eigenvalue weighted by atomic mass is 127. The van der Waals surface area contributed by atoms with E-state index in [1.165, 1.54) is 11.3 Å². The molecule has 2 rings (SSSR count). The van der Waals surface area contributed by atoms with Crippen molar-refractivity contribution >= 4 is 35.6 Å². The molecule has 26 heavy (non-hydrogen) atoms. The highest BCUT2D eigenvalue weighted by molar-refractivity contribution is 14.0. The zero-order chi connectivity index (χ0) is 18.1. The van der Waals surface area contributed by atoms with Crippen LogP contribution in [0.1, 0.15) is 12.5 Å². The van der Waals surface area contributed by atoms with Crippen LogP contribution in [0.25, 0.3) is 0 Å². The fourth-order valence-corrected chi connectivity index (χ4v) is 2.45. The van der Waals surface area contributed by atoms with E-state index >= 15 is 0 Å². The van der Waals surface area contributed by atoms with Crippen LogP contribution in [0.3, 0.4) is 0 Å². The van der Waals surface area contributed by atoms with Gasteiger partial charge in [-0.2, -0.15) is 0 Å². The quantitative estimate of drug-likeness (QED) is 0.355. The molecule has 0 bridgehead atoms. The normalized spacial score (nSPS) is 12.0. The van der Waals surface area contributed by atoms with E-state index in [0.717, 1.165) is 18.7 Å². The smallest absolute Gasteiger partial charge is 0.188 e. The van der Waals surface area contributed by atoms with Gasteiger partial charge in [0.25, 0.3) is 0 Å². The first-order valence-corrected chi connectivity index (χ1v) is 8.54. The van der Waals surface area contributed by atoms with Crippen LogP contribution in [-0.2, 0) is 6.42 Å². The van der Waals surface area contributed by atoms with Crippen LogP contribution in [0.5, 0.6) is 5.75 Å². The minimum atomic E-state index is 0. The predicted octanol–water partition coefficient (Wildman–Crippen LogP) is 3.28. The number of guanidine groups is 1. The van der Waals surface area contributed by atoms with E-state index in [4.69, 9.17) is 10.5 Å². The van der Waals surface area contributed by atoms with Gasteiger partial charge >= 0.3 is 0 Å². The summed E-state index contributed by atoms with van der Waals surface area (Å²) in [4.78, 5) is 6.65. The van der Waals surface area contributed by atoms with E-state index in [9.17, 15) is 0 Å². The summed E-state index contributed by atoms with van der Waals surface area (Å²) in [7, 11) is 3.74. The maximum atomic E-state index is 5.97. The summed E-state index contributed by atoms with van der Waals surface area (Å²) in [6.45, 7) is 3.54. The van der Waals surface area contributed by atoms with Crippen molar-refractivity contribution in [2.75, 3.05) is 32.1 Å². The van der Waals surface area contributed by atoms with Crippen LogP contribution >= 0.6 is 24.0 Å². The Bertz CT molecular complexity index is 661. The Morgan fingerprint density at radius 2 is 1.81 bits per heavy atom. The fraction of sp³-hybridized carbons (Fsp3) is 0.350. The number of ether oxygens (including phenoxy) is 1. The average Bonchev–Trinajstić information content (AvgIpc) is 2.66. The van der Waals surface area contributed by atoms with Crippen molar-refractivity contribution in [2.24, 2.45) is 10.7 Å². The number of methoxy groups -OCH3 is 1. The van der Waals surface area contributed by atoms with Gasteiger partial charge in [0.1, 0.15) is 5.75 Å². The number of nitrogens with one attached hydrogen (secondary N) is 1. The SMILES string of the molecule is COc1ccc(CCNC(N)=NCC(C)N(C)c2ccccc2)cc1.I. The number of halogens is 1. The van der Waals surface area contributed by atoms with Gasteiger partial charge in [0.15, 0.2) is 5.96 Å². The molecule has 0 spiro atoms. The molecule has 0 fully saturated rings. The van der Waals surface area contributed by atoms with Gasteiger partial charge in [0.05, 0.1) is 13.7 Å². The second kappa shape index (κ2) is 11.6. The number of aliphatic imine (C=N–C) groups is 1. The molecule has 0 aromatic heterocycles. The first-order chi connectivity index (χ1) is 12.1. The van der Waals surface area contributed by atoms with Crippen LogP contribution in [0.2, 0.25) is 0 Å². The molecule has 0 aliphatic heterocycles. The van der Waals surface area contributed by atoms with Gasteiger partial charge in [0, 0.05) is 25.3 Å². The minimum Gasteiger partial charge on any atom is -0.497 e. The number of hydrogen-bond donors (Lipinski definition) is 2. The number of nitrogens with two attached hydrogens (primary N) is 1. The fourth-order valence-electron chi connectivity index (χ4n) is 2.45. The lowest BCUT2D eigenvalue weighted by Gasteiger charge is -2.25. The molecule has 142 valence electrons. The van der Waals surface area contributed by atoms with E-state index in [2.05, 4.69) is 53.4 Å². The number of benzene rings is 2. The topological polar surface area (TPSA) is 62.9 Å². The first-order valence-electron chi connectivity index (χ1n) is 8.54. The van der Waals surface area contributed by atoms with Gasteiger partial charge in [-0.1, -0.05) is 30.3 Å². The highest BCUT2D eigenvalue weighted by Gasteiger charge is 2.09. The van der Waals surface area contributed by atoms with Crippen LogP contribution in [0, 0.1) is 0 Å². The zero-order valence-electron chi connectivity index (χ0n) is 15.7. The van der Waals surface area contributed by atoms with Gasteiger partial charge in [-0.15, -0.1) is 24.0 Å². The monoisotopic (exact) mass is 468 g/mol. The lowest BCUT2D eigenvalue weighted by atomic mass is 10.1. The largest absolute Gasteiger partial charge is 0.497 e. The third kappa shape index (κ3) is 7.11. The third-order valence-electron chi connectivity index (χ3n) is 4.23. The maximum Gasteiger partial charge on any atom is 0.188 e. The summed E-state index contributed by atoms with van der Waals surface area (Å²) >= 11 is 0. The summed E-state index contributed by atoms with van der Waals surface area (Å²) < 4.78 is 5.16. The first kappa shape index (κ1) is 22.1. The predicted molar refractivity (Wildman–Crippen MR) is 121 cm³/mol. The molecule has 0 saturated carbocycles. The lowest BCUT2D eigenvalue weighted by molar-refractivity contribution is 0.414. The number of hydrogen-bond acceptors (Lipinski definition) is 3. The van der Waals surface area contributed by atoms with Crippen LogP contribution < -0.4 is 20.7 Å². The van der Waals surface area contributed by atoms with Crippen molar-refractivity contribution in [3.8, 4) is 5.75 Å². The van der Waals surface area contributed by atoms with Crippen LogP contribution in [0.4, 0.5) is 5.69 Å². The molecule has 1 unspecified atom stereocenters. The van der Waals surface area contributed by atoms with E-state index < -0.39 is 0 Å². The summed E-state index contributed by atoms with van der Waals surface area (Å²) in [6.07, 6.45) is 0.889. The summed E-state index contributed by atoms with van der Waals surface area (Å²) in [6, 6.07) is 18.6. The Kier molecular flexibility index (Phi) is 9.87. The van der Waals surface area contributed by atoms with Crippen LogP contribution in [-0.4, -0.2) is 39.2 Å². The van der Waals surface area contributed by atoms with Crippen molar-refractivity contribution in [3.63, 3.8) is 0 Å². The Balaban J connectivity index is 0.00000338. The Hall–Kier alpha value is -1.96. The average molecular weight is 468 g/mol. The maximum absolute atomic E-state index is 5.97. The van der Waals surface area contributed by atoms with Crippen molar-refractivity contribution < 1.29 is 4.74 Å². The molecule has 2 aromatic rings. The van der Waals surface area contributed by atoms with E-state index in [1.54, 1.807) is 7.11 Å². The van der Waals surface area contributed by atoms with Gasteiger partial charge in [-0.3, -0.25) is 4.99 Å². The molecular weight excluding hydrogens is 439 g/mol. The molecule has 0 amide bonds. The molecule has 1 atom stereocenters. The Morgan fingerprint density at radius 3 is 2.42 bits per heavy atom. The number of likely N-dealkylation sites (N-methyl/N-ethyl adjacent to an activating group) is 1. The van der Waals surface area contributed by atoms with E-state index in [0.29, 0.717) is 12.5 Å². The molecule has 6 heteroatoms. The lowest BCUT2D eigenvalue weighted by Crippen LogP contribution is -2.36. The molecule has 0 heterocycles.